The summed E-state index contributed by atoms with van der Waals surface area (Å²) in [6.45, 7) is 0.964. The lowest BCUT2D eigenvalue weighted by Gasteiger charge is -2.16. The highest BCUT2D eigenvalue weighted by molar-refractivity contribution is 7.89. The fourth-order valence-corrected chi connectivity index (χ4v) is 4.35. The molecule has 1 aromatic carbocycles. The number of carbonyl (C=O) groups excluding carboxylic acids is 1. The Morgan fingerprint density at radius 3 is 2.48 bits per heavy atom. The molecule has 1 aliphatic rings. The minimum atomic E-state index is -3.39. The fraction of sp³-hybridized carbons (Fsp3) is 0.526. The van der Waals surface area contributed by atoms with Gasteiger partial charge in [0.15, 0.2) is 0 Å². The van der Waals surface area contributed by atoms with Gasteiger partial charge in [-0.15, -0.1) is 0 Å². The molecule has 138 valence electrons. The van der Waals surface area contributed by atoms with Crippen molar-refractivity contribution in [2.75, 3.05) is 20.2 Å². The smallest absolute Gasteiger partial charge is 0.305 e. The van der Waals surface area contributed by atoms with Gasteiger partial charge in [0, 0.05) is 19.5 Å². The molecule has 0 aromatic heterocycles. The summed E-state index contributed by atoms with van der Waals surface area (Å²) in [7, 11) is -1.97. The van der Waals surface area contributed by atoms with E-state index < -0.39 is 10.0 Å². The first-order valence-corrected chi connectivity index (χ1v) is 10.3. The van der Waals surface area contributed by atoms with Crippen LogP contribution in [0.25, 0.3) is 0 Å². The van der Waals surface area contributed by atoms with E-state index in [1.54, 1.807) is 24.3 Å². The van der Waals surface area contributed by atoms with E-state index >= 15 is 0 Å². The van der Waals surface area contributed by atoms with E-state index in [0.717, 1.165) is 38.5 Å². The molecule has 1 heterocycles. The van der Waals surface area contributed by atoms with Gasteiger partial charge in [-0.25, -0.2) is 8.42 Å². The summed E-state index contributed by atoms with van der Waals surface area (Å²) in [6.07, 6.45) is 8.63. The molecule has 0 saturated carbocycles. The fourth-order valence-electron chi connectivity index (χ4n) is 2.95. The molecule has 1 aliphatic heterocycles. The Morgan fingerprint density at radius 2 is 1.76 bits per heavy atom. The van der Waals surface area contributed by atoms with Crippen LogP contribution in [0.3, 0.4) is 0 Å². The summed E-state index contributed by atoms with van der Waals surface area (Å²) in [5.41, 5.74) is 1.20. The number of carbonyl (C=O) groups is 1. The number of ether oxygens (including phenoxy) is 1. The first kappa shape index (κ1) is 19.7. The molecule has 0 N–H and O–H groups in total. The number of nitrogens with zero attached hydrogens (tertiary/aromatic N) is 1. The van der Waals surface area contributed by atoms with Crippen LogP contribution >= 0.6 is 0 Å². The third kappa shape index (κ3) is 5.97. The zero-order valence-electron chi connectivity index (χ0n) is 14.8. The van der Waals surface area contributed by atoms with Crippen LogP contribution < -0.4 is 0 Å². The summed E-state index contributed by atoms with van der Waals surface area (Å²) in [5, 5.41) is 0. The molecule has 0 fully saturated rings. The molecule has 0 amide bonds. The third-order valence-electron chi connectivity index (χ3n) is 4.45. The lowest BCUT2D eigenvalue weighted by Crippen LogP contribution is -2.29. The van der Waals surface area contributed by atoms with Gasteiger partial charge in [-0.1, -0.05) is 49.1 Å². The second-order valence-corrected chi connectivity index (χ2v) is 8.25. The number of sulfonamides is 1. The van der Waals surface area contributed by atoms with Crippen LogP contribution in [0.5, 0.6) is 0 Å². The predicted octanol–water partition coefficient (Wildman–Crippen LogP) is 3.52. The molecule has 5 nitrogen and oxygen atoms in total. The van der Waals surface area contributed by atoms with Gasteiger partial charge in [0.05, 0.1) is 12.0 Å². The molecule has 0 unspecified atom stereocenters. The zero-order chi connectivity index (χ0) is 18.1. The Morgan fingerprint density at radius 1 is 1.08 bits per heavy atom. The Labute approximate surface area is 150 Å². The van der Waals surface area contributed by atoms with Crippen LogP contribution in [0.15, 0.2) is 46.9 Å². The van der Waals surface area contributed by atoms with Gasteiger partial charge in [0.1, 0.15) is 0 Å². The van der Waals surface area contributed by atoms with Gasteiger partial charge in [0.2, 0.25) is 10.0 Å². The van der Waals surface area contributed by atoms with Crippen molar-refractivity contribution in [3.05, 3.63) is 42.0 Å². The summed E-state index contributed by atoms with van der Waals surface area (Å²) < 4.78 is 31.3. The van der Waals surface area contributed by atoms with Gasteiger partial charge in [-0.3, -0.25) is 4.79 Å². The van der Waals surface area contributed by atoms with Gasteiger partial charge < -0.3 is 4.74 Å². The number of hydrogen-bond acceptors (Lipinski definition) is 4. The van der Waals surface area contributed by atoms with Crippen molar-refractivity contribution in [3.63, 3.8) is 0 Å². The van der Waals surface area contributed by atoms with Gasteiger partial charge in [-0.05, 0) is 31.4 Å². The number of unbranched alkanes of at least 4 members (excludes halogenated alkanes) is 4. The SMILES string of the molecule is COC(=O)CCCCCCCC1=CCN(S(=O)(=O)c2ccccc2)C1. The number of hydrogen-bond donors (Lipinski definition) is 0. The standard InChI is InChI=1S/C19H27NO4S/c1-24-19(21)13-9-4-2-3-6-10-17-14-15-20(16-17)25(22,23)18-11-7-5-8-12-18/h5,7-8,11-12,14H,2-4,6,9-10,13,15-16H2,1H3. The summed E-state index contributed by atoms with van der Waals surface area (Å²) >= 11 is 0. The van der Waals surface area contributed by atoms with E-state index in [2.05, 4.69) is 4.74 Å². The molecule has 2 rings (SSSR count). The third-order valence-corrected chi connectivity index (χ3v) is 6.28. The maximum Gasteiger partial charge on any atom is 0.305 e. The van der Waals surface area contributed by atoms with Crippen molar-refractivity contribution in [3.8, 4) is 0 Å². The van der Waals surface area contributed by atoms with Crippen LogP contribution in [0.4, 0.5) is 0 Å². The first-order chi connectivity index (χ1) is 12.0. The van der Waals surface area contributed by atoms with Crippen LogP contribution in [0.2, 0.25) is 0 Å². The highest BCUT2D eigenvalue weighted by atomic mass is 32.2. The summed E-state index contributed by atoms with van der Waals surface area (Å²) in [6, 6.07) is 8.59. The van der Waals surface area contributed by atoms with Crippen LogP contribution in [-0.4, -0.2) is 38.9 Å². The predicted molar refractivity (Wildman–Crippen MR) is 97.6 cm³/mol. The monoisotopic (exact) mass is 365 g/mol. The van der Waals surface area contributed by atoms with Crippen molar-refractivity contribution < 1.29 is 17.9 Å². The Balaban J connectivity index is 1.65. The molecule has 0 radical (unpaired) electrons. The molecule has 0 saturated heterocycles. The van der Waals surface area contributed by atoms with E-state index in [-0.39, 0.29) is 5.97 Å². The quantitative estimate of drug-likeness (QED) is 0.361. The topological polar surface area (TPSA) is 63.7 Å². The molecule has 0 atom stereocenters. The van der Waals surface area contributed by atoms with Crippen molar-refractivity contribution in [1.82, 2.24) is 4.31 Å². The van der Waals surface area contributed by atoms with E-state index in [0.29, 0.717) is 24.4 Å². The minimum absolute atomic E-state index is 0.143. The maximum absolute atomic E-state index is 12.6. The largest absolute Gasteiger partial charge is 0.469 e. The second-order valence-electron chi connectivity index (χ2n) is 6.32. The van der Waals surface area contributed by atoms with E-state index in [4.69, 9.17) is 0 Å². The van der Waals surface area contributed by atoms with Crippen molar-refractivity contribution in [2.45, 2.75) is 49.8 Å². The second kappa shape index (κ2) is 9.73. The lowest BCUT2D eigenvalue weighted by atomic mass is 10.1. The Kier molecular flexibility index (Phi) is 7.65. The number of esters is 1. The molecule has 6 heteroatoms. The van der Waals surface area contributed by atoms with E-state index in [1.807, 2.05) is 12.1 Å². The highest BCUT2D eigenvalue weighted by Gasteiger charge is 2.27. The van der Waals surface area contributed by atoms with Crippen LogP contribution in [0.1, 0.15) is 44.9 Å². The van der Waals surface area contributed by atoms with Gasteiger partial charge >= 0.3 is 5.97 Å². The number of methoxy groups -OCH3 is 1. The molecule has 0 bridgehead atoms. The van der Waals surface area contributed by atoms with Crippen molar-refractivity contribution >= 4 is 16.0 Å². The molecule has 1 aromatic rings. The van der Waals surface area contributed by atoms with Crippen LogP contribution in [0, 0.1) is 0 Å². The summed E-state index contributed by atoms with van der Waals surface area (Å²) in [4.78, 5) is 11.4. The van der Waals surface area contributed by atoms with Gasteiger partial charge in [0.25, 0.3) is 0 Å². The van der Waals surface area contributed by atoms with E-state index in [9.17, 15) is 13.2 Å². The Bertz CT molecular complexity index is 683. The van der Waals surface area contributed by atoms with Gasteiger partial charge in [-0.2, -0.15) is 4.31 Å². The molecular formula is C19H27NO4S. The molecule has 0 aliphatic carbocycles. The normalized spacial score (nSPS) is 15.2. The highest BCUT2D eigenvalue weighted by Crippen LogP contribution is 2.23. The number of rotatable bonds is 10. The molecule has 25 heavy (non-hydrogen) atoms. The average Bonchev–Trinajstić information content (AvgIpc) is 3.11. The van der Waals surface area contributed by atoms with Crippen molar-refractivity contribution in [2.24, 2.45) is 0 Å². The van der Waals surface area contributed by atoms with Crippen LogP contribution in [-0.2, 0) is 19.6 Å². The molecule has 0 spiro atoms. The summed E-state index contributed by atoms with van der Waals surface area (Å²) in [5.74, 6) is -0.143. The Hall–Kier alpha value is -1.66. The van der Waals surface area contributed by atoms with Crippen molar-refractivity contribution in [1.29, 1.82) is 0 Å². The minimum Gasteiger partial charge on any atom is -0.469 e. The number of benzene rings is 1. The maximum atomic E-state index is 12.6. The molecular weight excluding hydrogens is 338 g/mol. The zero-order valence-corrected chi connectivity index (χ0v) is 15.6. The lowest BCUT2D eigenvalue weighted by molar-refractivity contribution is -0.140. The first-order valence-electron chi connectivity index (χ1n) is 8.84. The average molecular weight is 365 g/mol. The van der Waals surface area contributed by atoms with E-state index in [1.165, 1.54) is 17.0 Å².